The number of rotatable bonds is 5. The minimum atomic E-state index is 0.553. The van der Waals surface area contributed by atoms with Gasteiger partial charge in [-0.1, -0.05) is 25.6 Å². The Balaban J connectivity index is 2.08. The highest BCUT2D eigenvalue weighted by atomic mass is 16.5. The maximum atomic E-state index is 5.66. The van der Waals surface area contributed by atoms with E-state index in [1.807, 2.05) is 18.2 Å². The van der Waals surface area contributed by atoms with Crippen LogP contribution in [0.5, 0.6) is 11.6 Å². The van der Waals surface area contributed by atoms with Gasteiger partial charge in [0.15, 0.2) is 0 Å². The van der Waals surface area contributed by atoms with Gasteiger partial charge in [0.2, 0.25) is 5.88 Å². The molecular weight excluding hydrogens is 238 g/mol. The Morgan fingerprint density at radius 1 is 1.16 bits per heavy atom. The normalized spacial score (nSPS) is 10.0. The van der Waals surface area contributed by atoms with Gasteiger partial charge in [0, 0.05) is 17.8 Å². The van der Waals surface area contributed by atoms with Crippen LogP contribution in [0, 0.1) is 0 Å². The van der Waals surface area contributed by atoms with Crippen LogP contribution < -0.4 is 4.74 Å². The first kappa shape index (κ1) is 13.1. The van der Waals surface area contributed by atoms with Crippen LogP contribution in [0.1, 0.15) is 18.1 Å². The standard InChI is InChI=1S/C16H17NO2/c1-4-13-5-8-15(9-6-13)19-16-10-7-14(11-17-16)12(2)18-3/h5-11H,2,4H2,1,3H3. The molecular formula is C16H17NO2. The maximum absolute atomic E-state index is 5.66. The zero-order chi connectivity index (χ0) is 13.7. The van der Waals surface area contributed by atoms with Gasteiger partial charge in [-0.15, -0.1) is 0 Å². The van der Waals surface area contributed by atoms with E-state index in [9.17, 15) is 0 Å². The molecule has 2 aromatic rings. The molecule has 0 spiro atoms. The van der Waals surface area contributed by atoms with Crippen molar-refractivity contribution in [3.8, 4) is 11.6 Å². The molecule has 1 heterocycles. The Bertz CT molecular complexity index is 544. The van der Waals surface area contributed by atoms with Crippen LogP contribution in [0.15, 0.2) is 49.2 Å². The Morgan fingerprint density at radius 3 is 2.42 bits per heavy atom. The minimum absolute atomic E-state index is 0.553. The van der Waals surface area contributed by atoms with Gasteiger partial charge in [-0.2, -0.15) is 0 Å². The fraction of sp³-hybridized carbons (Fsp3) is 0.188. The van der Waals surface area contributed by atoms with Gasteiger partial charge in [-0.3, -0.25) is 0 Å². The molecule has 1 aromatic carbocycles. The van der Waals surface area contributed by atoms with Crippen molar-refractivity contribution in [1.29, 1.82) is 0 Å². The average Bonchev–Trinajstić information content (AvgIpc) is 2.48. The highest BCUT2D eigenvalue weighted by Crippen LogP contribution is 2.21. The topological polar surface area (TPSA) is 31.4 Å². The number of ether oxygens (including phenoxy) is 2. The Labute approximate surface area is 113 Å². The zero-order valence-corrected chi connectivity index (χ0v) is 11.2. The van der Waals surface area contributed by atoms with E-state index in [2.05, 4.69) is 30.6 Å². The third-order valence-electron chi connectivity index (χ3n) is 2.86. The van der Waals surface area contributed by atoms with Crippen molar-refractivity contribution in [2.24, 2.45) is 0 Å². The number of aromatic nitrogens is 1. The van der Waals surface area contributed by atoms with Crippen molar-refractivity contribution >= 4 is 5.76 Å². The number of aryl methyl sites for hydroxylation is 1. The molecule has 3 nitrogen and oxygen atoms in total. The molecule has 19 heavy (non-hydrogen) atoms. The van der Waals surface area contributed by atoms with Crippen LogP contribution in [0.3, 0.4) is 0 Å². The second-order valence-corrected chi connectivity index (χ2v) is 4.11. The highest BCUT2D eigenvalue weighted by Gasteiger charge is 2.02. The largest absolute Gasteiger partial charge is 0.497 e. The van der Waals surface area contributed by atoms with E-state index in [-0.39, 0.29) is 0 Å². The van der Waals surface area contributed by atoms with Gasteiger partial charge in [0.1, 0.15) is 11.5 Å². The molecule has 0 aliphatic carbocycles. The van der Waals surface area contributed by atoms with Crippen molar-refractivity contribution in [3.63, 3.8) is 0 Å². The summed E-state index contributed by atoms with van der Waals surface area (Å²) in [5.74, 6) is 1.92. The van der Waals surface area contributed by atoms with Crippen LogP contribution in [0.2, 0.25) is 0 Å². The van der Waals surface area contributed by atoms with Gasteiger partial charge < -0.3 is 9.47 Å². The lowest BCUT2D eigenvalue weighted by atomic mass is 10.2. The molecule has 0 saturated carbocycles. The maximum Gasteiger partial charge on any atom is 0.219 e. The molecule has 0 bridgehead atoms. The second kappa shape index (κ2) is 6.05. The number of hydrogen-bond acceptors (Lipinski definition) is 3. The summed E-state index contributed by atoms with van der Waals surface area (Å²) < 4.78 is 10.7. The molecule has 0 N–H and O–H groups in total. The van der Waals surface area contributed by atoms with Crippen molar-refractivity contribution in [1.82, 2.24) is 4.98 Å². The summed E-state index contributed by atoms with van der Waals surface area (Å²) >= 11 is 0. The van der Waals surface area contributed by atoms with Crippen LogP contribution >= 0.6 is 0 Å². The summed E-state index contributed by atoms with van der Waals surface area (Å²) in [6.45, 7) is 5.90. The molecule has 0 fully saturated rings. The van der Waals surface area contributed by atoms with Gasteiger partial charge in [-0.05, 0) is 30.2 Å². The zero-order valence-electron chi connectivity index (χ0n) is 11.2. The van der Waals surface area contributed by atoms with Crippen molar-refractivity contribution < 1.29 is 9.47 Å². The summed E-state index contributed by atoms with van der Waals surface area (Å²) in [5, 5.41) is 0. The summed E-state index contributed by atoms with van der Waals surface area (Å²) in [7, 11) is 1.59. The van der Waals surface area contributed by atoms with Crippen LogP contribution in [0.4, 0.5) is 0 Å². The van der Waals surface area contributed by atoms with Crippen LogP contribution in [-0.4, -0.2) is 12.1 Å². The molecule has 2 rings (SSSR count). The summed E-state index contributed by atoms with van der Waals surface area (Å²) in [6.07, 6.45) is 2.70. The Morgan fingerprint density at radius 2 is 1.89 bits per heavy atom. The first-order valence-electron chi connectivity index (χ1n) is 6.19. The third-order valence-corrected chi connectivity index (χ3v) is 2.86. The van der Waals surface area contributed by atoms with Gasteiger partial charge >= 0.3 is 0 Å². The van der Waals surface area contributed by atoms with Crippen molar-refractivity contribution in [2.75, 3.05) is 7.11 Å². The molecule has 0 amide bonds. The fourth-order valence-corrected chi connectivity index (χ4v) is 1.64. The Kier molecular flexibility index (Phi) is 4.18. The minimum Gasteiger partial charge on any atom is -0.497 e. The molecule has 0 radical (unpaired) electrons. The predicted octanol–water partition coefficient (Wildman–Crippen LogP) is 4.05. The number of pyridine rings is 1. The lowest BCUT2D eigenvalue weighted by Crippen LogP contribution is -1.91. The molecule has 3 heteroatoms. The molecule has 1 aromatic heterocycles. The average molecular weight is 255 g/mol. The smallest absolute Gasteiger partial charge is 0.219 e. The molecule has 0 unspecified atom stereocenters. The quantitative estimate of drug-likeness (QED) is 0.755. The number of methoxy groups -OCH3 is 1. The number of nitrogens with zero attached hydrogens (tertiary/aromatic N) is 1. The first-order chi connectivity index (χ1) is 9.22. The van der Waals surface area contributed by atoms with Crippen molar-refractivity contribution in [3.05, 3.63) is 60.3 Å². The summed E-state index contributed by atoms with van der Waals surface area (Å²) in [4.78, 5) is 4.22. The molecule has 0 aliphatic heterocycles. The van der Waals surface area contributed by atoms with Gasteiger partial charge in [0.25, 0.3) is 0 Å². The van der Waals surface area contributed by atoms with E-state index >= 15 is 0 Å². The number of benzene rings is 1. The SMILES string of the molecule is C=C(OC)c1ccc(Oc2ccc(CC)cc2)nc1. The van der Waals surface area contributed by atoms with E-state index < -0.39 is 0 Å². The molecule has 0 atom stereocenters. The first-order valence-corrected chi connectivity index (χ1v) is 6.19. The van der Waals surface area contributed by atoms with Gasteiger partial charge in [0.05, 0.1) is 7.11 Å². The van der Waals surface area contributed by atoms with Gasteiger partial charge in [-0.25, -0.2) is 4.98 Å². The van der Waals surface area contributed by atoms with Crippen LogP contribution in [0.25, 0.3) is 5.76 Å². The predicted molar refractivity (Wildman–Crippen MR) is 76.2 cm³/mol. The van der Waals surface area contributed by atoms with E-state index in [1.165, 1.54) is 5.56 Å². The third kappa shape index (κ3) is 3.35. The lowest BCUT2D eigenvalue weighted by molar-refractivity contribution is 0.371. The Hall–Kier alpha value is -2.29. The van der Waals surface area contributed by atoms with Crippen molar-refractivity contribution in [2.45, 2.75) is 13.3 Å². The monoisotopic (exact) mass is 255 g/mol. The highest BCUT2D eigenvalue weighted by molar-refractivity contribution is 5.56. The molecule has 98 valence electrons. The number of hydrogen-bond donors (Lipinski definition) is 0. The molecule has 0 aliphatic rings. The summed E-state index contributed by atoms with van der Waals surface area (Å²) in [5.41, 5.74) is 2.13. The summed E-state index contributed by atoms with van der Waals surface area (Å²) in [6, 6.07) is 11.7. The van der Waals surface area contributed by atoms with E-state index in [0.717, 1.165) is 17.7 Å². The second-order valence-electron chi connectivity index (χ2n) is 4.11. The lowest BCUT2D eigenvalue weighted by Gasteiger charge is -2.07. The van der Waals surface area contributed by atoms with E-state index in [1.54, 1.807) is 19.4 Å². The van der Waals surface area contributed by atoms with E-state index in [0.29, 0.717) is 11.6 Å². The molecule has 0 saturated heterocycles. The van der Waals surface area contributed by atoms with Crippen LogP contribution in [-0.2, 0) is 11.2 Å². The fourth-order valence-electron chi connectivity index (χ4n) is 1.64. The van der Waals surface area contributed by atoms with E-state index in [4.69, 9.17) is 9.47 Å².